The second-order valence-electron chi connectivity index (χ2n) is 7.61. The first-order chi connectivity index (χ1) is 18.2. The van der Waals surface area contributed by atoms with Gasteiger partial charge in [-0.25, -0.2) is 19.4 Å². The van der Waals surface area contributed by atoms with E-state index in [1.807, 2.05) is 0 Å². The second-order valence-corrected chi connectivity index (χ2v) is 9.26. The first-order valence-corrected chi connectivity index (χ1v) is 12.3. The van der Waals surface area contributed by atoms with Gasteiger partial charge in [-0.05, 0) is 64.8 Å². The quantitative estimate of drug-likeness (QED) is 0.294. The molecule has 2 N–H and O–H groups in total. The van der Waals surface area contributed by atoms with Gasteiger partial charge < -0.3 is 10.1 Å². The van der Waals surface area contributed by atoms with E-state index in [1.165, 1.54) is 35.3 Å². The number of aryl methyl sites for hydroxylation is 1. The fraction of sp³-hybridized carbons (Fsp3) is 0.0833. The van der Waals surface area contributed by atoms with E-state index in [-0.39, 0.29) is 38.6 Å². The molecule has 38 heavy (non-hydrogen) atoms. The van der Waals surface area contributed by atoms with Gasteiger partial charge in [-0.2, -0.15) is 10.1 Å². The third-order valence-electron chi connectivity index (χ3n) is 5.08. The number of ether oxygens (including phenoxy) is 1. The molecule has 0 aliphatic rings. The Bertz CT molecular complexity index is 1530. The standard InChI is InChI=1S/C24H18BrCl2N7O4/c1-13-10-14(26)11-15(22(35)32-34(24(37)38-2)19-7-3-4-8-28-19)20(13)30-23(36)17-12-18(25)31-33(17)21-16(27)6-5-9-29-21/h3-12H,1-2H3,(H,30,36)(H,32,35). The van der Waals surface area contributed by atoms with Crippen molar-refractivity contribution in [2.45, 2.75) is 6.92 Å². The molecule has 0 saturated heterocycles. The maximum atomic E-state index is 13.4. The molecule has 14 heteroatoms. The molecule has 1 aromatic carbocycles. The Morgan fingerprint density at radius 2 is 1.79 bits per heavy atom. The molecular weight excluding hydrogens is 601 g/mol. The number of hydrogen-bond donors (Lipinski definition) is 2. The monoisotopic (exact) mass is 617 g/mol. The lowest BCUT2D eigenvalue weighted by atomic mass is 10.1. The van der Waals surface area contributed by atoms with Gasteiger partial charge in [0.15, 0.2) is 11.6 Å². The summed E-state index contributed by atoms with van der Waals surface area (Å²) in [6, 6.07) is 12.5. The number of pyridine rings is 2. The van der Waals surface area contributed by atoms with Crippen molar-refractivity contribution in [3.05, 3.63) is 92.4 Å². The number of hydrazine groups is 1. The van der Waals surface area contributed by atoms with Crippen LogP contribution in [-0.4, -0.2) is 44.8 Å². The van der Waals surface area contributed by atoms with Crippen molar-refractivity contribution in [1.82, 2.24) is 25.2 Å². The number of anilines is 2. The van der Waals surface area contributed by atoms with E-state index in [4.69, 9.17) is 27.9 Å². The molecule has 0 aliphatic carbocycles. The predicted molar refractivity (Wildman–Crippen MR) is 145 cm³/mol. The Morgan fingerprint density at radius 1 is 1.03 bits per heavy atom. The average molecular weight is 619 g/mol. The molecular formula is C24H18BrCl2N7O4. The summed E-state index contributed by atoms with van der Waals surface area (Å²) in [5.41, 5.74) is 3.16. The minimum atomic E-state index is -0.887. The van der Waals surface area contributed by atoms with Crippen molar-refractivity contribution < 1.29 is 19.1 Å². The molecule has 0 aliphatic heterocycles. The number of hydrogen-bond acceptors (Lipinski definition) is 7. The van der Waals surface area contributed by atoms with Crippen molar-refractivity contribution >= 4 is 68.5 Å². The molecule has 3 aromatic heterocycles. The van der Waals surface area contributed by atoms with E-state index in [1.54, 1.807) is 37.3 Å². The number of methoxy groups -OCH3 is 1. The molecule has 194 valence electrons. The van der Waals surface area contributed by atoms with Crippen molar-refractivity contribution in [2.24, 2.45) is 0 Å². The lowest BCUT2D eigenvalue weighted by Gasteiger charge is -2.22. The number of carbonyl (C=O) groups excluding carboxylic acids is 3. The van der Waals surface area contributed by atoms with Crippen molar-refractivity contribution in [3.8, 4) is 5.82 Å². The molecule has 3 heterocycles. The first kappa shape index (κ1) is 27.0. The Hall–Kier alpha value is -4.00. The lowest BCUT2D eigenvalue weighted by Crippen LogP contribution is -2.47. The van der Waals surface area contributed by atoms with Crippen molar-refractivity contribution in [3.63, 3.8) is 0 Å². The molecule has 0 fully saturated rings. The van der Waals surface area contributed by atoms with E-state index < -0.39 is 17.9 Å². The summed E-state index contributed by atoms with van der Waals surface area (Å²) in [7, 11) is 1.16. The van der Waals surface area contributed by atoms with Crippen LogP contribution in [-0.2, 0) is 4.74 Å². The zero-order chi connectivity index (χ0) is 27.4. The van der Waals surface area contributed by atoms with Gasteiger partial charge in [-0.15, -0.1) is 0 Å². The predicted octanol–water partition coefficient (Wildman–Crippen LogP) is 5.21. The minimum Gasteiger partial charge on any atom is -0.451 e. The van der Waals surface area contributed by atoms with Crippen LogP contribution in [0.25, 0.3) is 5.82 Å². The Kier molecular flexibility index (Phi) is 8.25. The highest BCUT2D eigenvalue weighted by Crippen LogP contribution is 2.28. The van der Waals surface area contributed by atoms with Crippen molar-refractivity contribution in [2.75, 3.05) is 17.4 Å². The fourth-order valence-electron chi connectivity index (χ4n) is 3.41. The van der Waals surface area contributed by atoms with Crippen LogP contribution in [0, 0.1) is 6.92 Å². The van der Waals surface area contributed by atoms with E-state index in [9.17, 15) is 14.4 Å². The van der Waals surface area contributed by atoms with Gasteiger partial charge in [0.05, 0.1) is 23.4 Å². The summed E-state index contributed by atoms with van der Waals surface area (Å²) in [5.74, 6) is -1.03. The van der Waals surface area contributed by atoms with E-state index in [0.29, 0.717) is 10.2 Å². The van der Waals surface area contributed by atoms with E-state index in [2.05, 4.69) is 41.7 Å². The highest BCUT2D eigenvalue weighted by Gasteiger charge is 2.26. The molecule has 0 spiro atoms. The number of aromatic nitrogens is 4. The number of benzene rings is 1. The minimum absolute atomic E-state index is 0.0193. The molecule has 0 saturated carbocycles. The maximum Gasteiger partial charge on any atom is 0.434 e. The molecule has 0 unspecified atom stereocenters. The summed E-state index contributed by atoms with van der Waals surface area (Å²) in [5, 5.41) is 8.35. The van der Waals surface area contributed by atoms with Crippen LogP contribution in [0.5, 0.6) is 0 Å². The van der Waals surface area contributed by atoms with Crippen LogP contribution in [0.3, 0.4) is 0 Å². The molecule has 0 atom stereocenters. The van der Waals surface area contributed by atoms with E-state index in [0.717, 1.165) is 12.1 Å². The number of nitrogens with one attached hydrogen (secondary N) is 2. The van der Waals surface area contributed by atoms with Gasteiger partial charge in [0.25, 0.3) is 11.8 Å². The third kappa shape index (κ3) is 5.77. The zero-order valence-electron chi connectivity index (χ0n) is 19.8. The average Bonchev–Trinajstić information content (AvgIpc) is 3.30. The number of rotatable bonds is 5. The van der Waals surface area contributed by atoms with Gasteiger partial charge in [0.1, 0.15) is 10.3 Å². The van der Waals surface area contributed by atoms with Crippen LogP contribution in [0.1, 0.15) is 26.4 Å². The van der Waals surface area contributed by atoms with Gasteiger partial charge in [-0.3, -0.25) is 15.0 Å². The third-order valence-corrected chi connectivity index (χ3v) is 5.98. The Labute approximate surface area is 234 Å². The summed E-state index contributed by atoms with van der Waals surface area (Å²) in [6.07, 6.45) is 2.07. The van der Waals surface area contributed by atoms with Gasteiger partial charge >= 0.3 is 6.09 Å². The molecule has 3 amide bonds. The van der Waals surface area contributed by atoms with Crippen LogP contribution in [0.15, 0.2) is 65.5 Å². The lowest BCUT2D eigenvalue weighted by molar-refractivity contribution is 0.0941. The molecule has 0 radical (unpaired) electrons. The highest BCUT2D eigenvalue weighted by molar-refractivity contribution is 9.10. The molecule has 11 nitrogen and oxygen atoms in total. The van der Waals surface area contributed by atoms with Crippen LogP contribution >= 0.6 is 39.1 Å². The van der Waals surface area contributed by atoms with Gasteiger partial charge in [0, 0.05) is 23.5 Å². The second kappa shape index (κ2) is 11.6. The van der Waals surface area contributed by atoms with Crippen molar-refractivity contribution in [1.29, 1.82) is 0 Å². The molecule has 4 rings (SSSR count). The smallest absolute Gasteiger partial charge is 0.434 e. The van der Waals surface area contributed by atoms with Crippen LogP contribution in [0.2, 0.25) is 10.0 Å². The summed E-state index contributed by atoms with van der Waals surface area (Å²) < 4.78 is 6.41. The molecule has 0 bridgehead atoms. The van der Waals surface area contributed by atoms with Crippen LogP contribution < -0.4 is 15.8 Å². The Morgan fingerprint density at radius 3 is 2.47 bits per heavy atom. The number of nitrogens with zero attached hydrogens (tertiary/aromatic N) is 5. The maximum absolute atomic E-state index is 13.4. The number of amides is 3. The largest absolute Gasteiger partial charge is 0.451 e. The van der Waals surface area contributed by atoms with Gasteiger partial charge in [-0.1, -0.05) is 29.3 Å². The summed E-state index contributed by atoms with van der Waals surface area (Å²) in [6.45, 7) is 1.66. The zero-order valence-corrected chi connectivity index (χ0v) is 22.9. The number of carbonyl (C=O) groups is 3. The first-order valence-electron chi connectivity index (χ1n) is 10.8. The molecule has 4 aromatic rings. The summed E-state index contributed by atoms with van der Waals surface area (Å²) in [4.78, 5) is 47.5. The van der Waals surface area contributed by atoms with E-state index >= 15 is 0 Å². The highest BCUT2D eigenvalue weighted by atomic mass is 79.9. The Balaban J connectivity index is 1.70. The fourth-order valence-corrected chi connectivity index (χ4v) is 4.26. The van der Waals surface area contributed by atoms with Crippen LogP contribution in [0.4, 0.5) is 16.3 Å². The topological polar surface area (TPSA) is 131 Å². The van der Waals surface area contributed by atoms with Gasteiger partial charge in [0.2, 0.25) is 0 Å². The SMILES string of the molecule is COC(=O)N(NC(=O)c1cc(Cl)cc(C)c1NC(=O)c1cc(Br)nn1-c1ncccc1Cl)c1ccccn1. The normalized spacial score (nSPS) is 10.6. The number of halogens is 3. The summed E-state index contributed by atoms with van der Waals surface area (Å²) >= 11 is 15.8.